The van der Waals surface area contributed by atoms with Crippen LogP contribution in [0.2, 0.25) is 0 Å². The highest BCUT2D eigenvalue weighted by atomic mass is 16.5. The van der Waals surface area contributed by atoms with E-state index in [1.54, 1.807) is 30.5 Å². The number of phenolic OH excluding ortho intramolecular Hbond substituents is 2. The monoisotopic (exact) mass is 569 g/mol. The number of benzene rings is 2. The third-order valence-electron chi connectivity index (χ3n) is 7.46. The minimum absolute atomic E-state index is 0.00384. The molecule has 2 aliphatic rings. The number of fused-ring (bicyclic) bond motifs is 3. The number of pyridine rings is 1. The molecular weight excluding hydrogens is 542 g/mol. The van der Waals surface area contributed by atoms with Crippen molar-refractivity contribution in [1.29, 1.82) is 0 Å². The number of hydrogen-bond donors (Lipinski definition) is 4. The molecule has 2 aromatic carbocycles. The molecule has 0 unspecified atom stereocenters. The van der Waals surface area contributed by atoms with E-state index in [0.29, 0.717) is 17.1 Å². The Morgan fingerprint density at radius 2 is 1.79 bits per heavy atom. The summed E-state index contributed by atoms with van der Waals surface area (Å²) in [4.78, 5) is 56.7. The molecule has 11 nitrogen and oxygen atoms in total. The quantitative estimate of drug-likeness (QED) is 0.191. The summed E-state index contributed by atoms with van der Waals surface area (Å²) in [6.45, 7) is 5.66. The fourth-order valence-electron chi connectivity index (χ4n) is 5.24. The molecule has 5 rings (SSSR count). The molecule has 0 fully saturated rings. The van der Waals surface area contributed by atoms with Crippen molar-refractivity contribution >= 4 is 34.6 Å². The number of nitrogens with one attached hydrogen (secondary N) is 2. The number of phenols is 2. The van der Waals surface area contributed by atoms with E-state index in [1.165, 1.54) is 47.1 Å². The van der Waals surface area contributed by atoms with Crippen LogP contribution in [0.25, 0.3) is 0 Å². The van der Waals surface area contributed by atoms with Crippen LogP contribution >= 0.6 is 0 Å². The number of allylic oxidation sites excluding steroid dienone is 4. The van der Waals surface area contributed by atoms with Gasteiger partial charge in [-0.25, -0.2) is 0 Å². The van der Waals surface area contributed by atoms with E-state index in [2.05, 4.69) is 15.6 Å². The normalized spacial score (nSPS) is 18.4. The van der Waals surface area contributed by atoms with Crippen LogP contribution in [-0.2, 0) is 15.0 Å². The first-order valence-electron chi connectivity index (χ1n) is 12.9. The molecule has 0 spiro atoms. The number of aromatic hydroxyl groups is 2. The van der Waals surface area contributed by atoms with Gasteiger partial charge in [0, 0.05) is 29.2 Å². The third-order valence-corrected chi connectivity index (χ3v) is 7.46. The summed E-state index contributed by atoms with van der Waals surface area (Å²) in [5, 5.41) is 27.3. The zero-order valence-electron chi connectivity index (χ0n) is 23.4. The Labute approximate surface area is 240 Å². The van der Waals surface area contributed by atoms with Gasteiger partial charge in [0.2, 0.25) is 0 Å². The molecule has 1 aromatic heterocycles. The summed E-state index contributed by atoms with van der Waals surface area (Å²) in [5.41, 5.74) is -0.797. The van der Waals surface area contributed by atoms with Gasteiger partial charge in [-0.05, 0) is 58.0 Å². The second-order valence-electron chi connectivity index (χ2n) is 10.1. The first-order valence-corrected chi connectivity index (χ1v) is 12.9. The molecule has 0 bridgehead atoms. The molecule has 3 aromatic rings. The number of ether oxygens (including phenoxy) is 2. The van der Waals surface area contributed by atoms with Crippen molar-refractivity contribution in [2.24, 2.45) is 0 Å². The summed E-state index contributed by atoms with van der Waals surface area (Å²) in [5.74, 6) is -3.13. The van der Waals surface area contributed by atoms with E-state index in [-0.39, 0.29) is 45.0 Å². The van der Waals surface area contributed by atoms with Crippen molar-refractivity contribution in [1.82, 2.24) is 4.98 Å². The van der Waals surface area contributed by atoms with Gasteiger partial charge in [-0.15, -0.1) is 0 Å². The Kier molecular flexibility index (Phi) is 6.81. The number of nitrogens with zero attached hydrogens (tertiary/aromatic N) is 1. The molecule has 4 N–H and O–H groups in total. The molecule has 1 aliphatic carbocycles. The lowest BCUT2D eigenvalue weighted by molar-refractivity contribution is -0.123. The first-order chi connectivity index (χ1) is 19.9. The SMILES string of the molecule is COc1ccc(N/C(C)=C2\C(=O)C=C3Oc4c(C(C)=O)c(O)c(C)c(O)c4[C@@]3(C)C2=O)cc1C(=O)Nc1cccnc1. The Hall–Kier alpha value is -5.45. The van der Waals surface area contributed by atoms with Gasteiger partial charge >= 0.3 is 0 Å². The minimum atomic E-state index is -1.65. The average Bonchev–Trinajstić information content (AvgIpc) is 3.24. The maximum Gasteiger partial charge on any atom is 0.259 e. The minimum Gasteiger partial charge on any atom is -0.507 e. The van der Waals surface area contributed by atoms with Gasteiger partial charge < -0.3 is 30.3 Å². The molecule has 1 atom stereocenters. The standard InChI is InChI=1S/C31H27N3O8/c1-14-26(37)24(16(3)35)28-25(27(14)38)31(4)22(42-28)12-20(36)23(29(31)39)15(2)33-17-8-9-21(41-5)19(11-17)30(40)34-18-7-6-10-32-13-18/h6-13,33,37-38H,1-5H3,(H,34,40)/b23-15+/t31-/m0/s1. The number of carbonyl (C=O) groups is 4. The second-order valence-corrected chi connectivity index (χ2v) is 10.1. The summed E-state index contributed by atoms with van der Waals surface area (Å²) >= 11 is 0. The maximum atomic E-state index is 14.1. The molecule has 0 radical (unpaired) electrons. The number of ketones is 3. The van der Waals surface area contributed by atoms with Crippen molar-refractivity contribution in [3.05, 3.63) is 88.1 Å². The van der Waals surface area contributed by atoms with Crippen LogP contribution in [0.1, 0.15) is 52.6 Å². The number of carbonyl (C=O) groups excluding carboxylic acids is 4. The molecule has 0 saturated carbocycles. The van der Waals surface area contributed by atoms with Gasteiger partial charge in [0.05, 0.1) is 35.7 Å². The van der Waals surface area contributed by atoms with E-state index < -0.39 is 40.2 Å². The summed E-state index contributed by atoms with van der Waals surface area (Å²) in [6, 6.07) is 8.06. The van der Waals surface area contributed by atoms with Crippen LogP contribution in [-0.4, -0.2) is 45.6 Å². The Morgan fingerprint density at radius 3 is 2.43 bits per heavy atom. The molecule has 214 valence electrons. The van der Waals surface area contributed by atoms with Crippen molar-refractivity contribution in [3.8, 4) is 23.0 Å². The second kappa shape index (κ2) is 10.2. The predicted molar refractivity (Wildman–Crippen MR) is 152 cm³/mol. The van der Waals surface area contributed by atoms with Crippen LogP contribution in [0.5, 0.6) is 23.0 Å². The van der Waals surface area contributed by atoms with Crippen LogP contribution in [0, 0.1) is 6.92 Å². The molecule has 2 heterocycles. The van der Waals surface area contributed by atoms with Gasteiger partial charge in [0.25, 0.3) is 5.91 Å². The fourth-order valence-corrected chi connectivity index (χ4v) is 5.24. The van der Waals surface area contributed by atoms with Crippen molar-refractivity contribution in [3.63, 3.8) is 0 Å². The number of Topliss-reactive ketones (excluding diaryl/α,β-unsaturated/α-hetero) is 2. The van der Waals surface area contributed by atoms with Crippen molar-refractivity contribution < 1.29 is 38.9 Å². The van der Waals surface area contributed by atoms with Gasteiger partial charge in [0.15, 0.2) is 17.3 Å². The number of rotatable bonds is 6. The highest BCUT2D eigenvalue weighted by Gasteiger charge is 2.56. The van der Waals surface area contributed by atoms with E-state index in [9.17, 15) is 29.4 Å². The zero-order valence-corrected chi connectivity index (χ0v) is 23.4. The topological polar surface area (TPSA) is 164 Å². The predicted octanol–water partition coefficient (Wildman–Crippen LogP) is 4.34. The van der Waals surface area contributed by atoms with Gasteiger partial charge in [-0.2, -0.15) is 0 Å². The van der Waals surface area contributed by atoms with Gasteiger partial charge in [-0.1, -0.05) is 0 Å². The Balaban J connectivity index is 1.55. The molecule has 42 heavy (non-hydrogen) atoms. The van der Waals surface area contributed by atoms with E-state index in [1.807, 2.05) is 0 Å². The number of methoxy groups -OCH3 is 1. The molecule has 1 aliphatic heterocycles. The van der Waals surface area contributed by atoms with Crippen LogP contribution in [0.3, 0.4) is 0 Å². The molecule has 1 amide bonds. The zero-order chi connectivity index (χ0) is 30.5. The maximum absolute atomic E-state index is 14.1. The average molecular weight is 570 g/mol. The van der Waals surface area contributed by atoms with Crippen LogP contribution < -0.4 is 20.1 Å². The molecule has 0 saturated heterocycles. The number of amides is 1. The number of hydrogen-bond acceptors (Lipinski definition) is 10. The molecule has 11 heteroatoms. The summed E-state index contributed by atoms with van der Waals surface area (Å²) < 4.78 is 11.2. The highest BCUT2D eigenvalue weighted by Crippen LogP contribution is 2.57. The van der Waals surface area contributed by atoms with Crippen LogP contribution in [0.4, 0.5) is 11.4 Å². The first kappa shape index (κ1) is 28.1. The summed E-state index contributed by atoms with van der Waals surface area (Å²) in [6.07, 6.45) is 4.21. The van der Waals surface area contributed by atoms with Crippen molar-refractivity contribution in [2.45, 2.75) is 33.1 Å². The molecular formula is C31H27N3O8. The van der Waals surface area contributed by atoms with E-state index in [4.69, 9.17) is 9.47 Å². The number of aromatic nitrogens is 1. The Bertz CT molecular complexity index is 1770. The van der Waals surface area contributed by atoms with E-state index >= 15 is 0 Å². The largest absolute Gasteiger partial charge is 0.507 e. The lowest BCUT2D eigenvalue weighted by atomic mass is 9.70. The van der Waals surface area contributed by atoms with Gasteiger partial charge in [0.1, 0.15) is 39.7 Å². The van der Waals surface area contributed by atoms with Gasteiger partial charge in [-0.3, -0.25) is 24.2 Å². The Morgan fingerprint density at radius 1 is 1.05 bits per heavy atom. The lowest BCUT2D eigenvalue weighted by Crippen LogP contribution is -2.40. The van der Waals surface area contributed by atoms with E-state index in [0.717, 1.165) is 6.08 Å². The fraction of sp³-hybridized carbons (Fsp3) is 0.194. The van der Waals surface area contributed by atoms with Crippen molar-refractivity contribution in [2.75, 3.05) is 17.7 Å². The highest BCUT2D eigenvalue weighted by molar-refractivity contribution is 6.31. The summed E-state index contributed by atoms with van der Waals surface area (Å²) in [7, 11) is 1.43. The number of anilines is 2. The third kappa shape index (κ3) is 4.26. The lowest BCUT2D eigenvalue weighted by Gasteiger charge is -2.29. The van der Waals surface area contributed by atoms with Crippen LogP contribution in [0.15, 0.2) is 65.8 Å². The smallest absolute Gasteiger partial charge is 0.259 e.